The van der Waals surface area contributed by atoms with E-state index in [1.165, 1.54) is 12.8 Å². The zero-order valence-corrected chi connectivity index (χ0v) is 19.1. The summed E-state index contributed by atoms with van der Waals surface area (Å²) >= 11 is 0. The van der Waals surface area contributed by atoms with Gasteiger partial charge in [0.2, 0.25) is 10.0 Å². The number of carbonyl (C=O) groups excluding carboxylic acids is 1. The lowest BCUT2D eigenvalue weighted by Crippen LogP contribution is -3.15. The van der Waals surface area contributed by atoms with Crippen LogP contribution in [-0.4, -0.2) is 57.4 Å². The second-order valence-corrected chi connectivity index (χ2v) is 11.0. The van der Waals surface area contributed by atoms with Crippen molar-refractivity contribution in [1.82, 2.24) is 9.62 Å². The molecule has 162 valence electrons. The summed E-state index contributed by atoms with van der Waals surface area (Å²) < 4.78 is 28.0. The third-order valence-electron chi connectivity index (χ3n) is 6.42. The molecule has 2 fully saturated rings. The molecule has 1 aliphatic heterocycles. The Bertz CT molecular complexity index is 814. The predicted octanol–water partition coefficient (Wildman–Crippen LogP) is 1.20. The predicted molar refractivity (Wildman–Crippen MR) is 115 cm³/mol. The number of nitrogens with zero attached hydrogens (tertiary/aromatic N) is 1. The maximum atomic E-state index is 13.2. The highest BCUT2D eigenvalue weighted by molar-refractivity contribution is 7.89. The molecular formula is C22H36N3O3S+. The maximum absolute atomic E-state index is 13.2. The van der Waals surface area contributed by atoms with Crippen molar-refractivity contribution in [3.63, 3.8) is 0 Å². The second-order valence-electron chi connectivity index (χ2n) is 9.08. The number of benzene rings is 1. The highest BCUT2D eigenvalue weighted by Gasteiger charge is 2.33. The molecule has 0 bridgehead atoms. The van der Waals surface area contributed by atoms with Crippen LogP contribution in [0.3, 0.4) is 0 Å². The maximum Gasteiger partial charge on any atom is 0.275 e. The van der Waals surface area contributed by atoms with Gasteiger partial charge in [-0.25, -0.2) is 8.42 Å². The van der Waals surface area contributed by atoms with Crippen LogP contribution in [0.4, 0.5) is 0 Å². The smallest absolute Gasteiger partial charge is 0.275 e. The SMILES string of the molecule is Cc1cc(C)c(S(=O)(=O)N2CC[NH+](CC(=O)NC3CCC(C)CC3)CC2)c(C)c1. The number of aryl methyl sites for hydroxylation is 3. The first-order chi connectivity index (χ1) is 13.7. The van der Waals surface area contributed by atoms with E-state index in [-0.39, 0.29) is 5.91 Å². The Balaban J connectivity index is 1.54. The van der Waals surface area contributed by atoms with Gasteiger partial charge in [0.25, 0.3) is 5.91 Å². The zero-order valence-electron chi connectivity index (χ0n) is 18.3. The average molecular weight is 423 g/mol. The largest absolute Gasteiger partial charge is 0.348 e. The standard InChI is InChI=1S/C22H35N3O3S/c1-16-5-7-20(8-6-16)23-21(26)15-24-9-11-25(12-10-24)29(27,28)22-18(3)13-17(2)14-19(22)4/h13-14,16,20H,5-12,15H2,1-4H3,(H,23,26)/p+1. The van der Waals surface area contributed by atoms with Gasteiger partial charge in [0, 0.05) is 6.04 Å². The van der Waals surface area contributed by atoms with Crippen molar-refractivity contribution in [3.8, 4) is 0 Å². The summed E-state index contributed by atoms with van der Waals surface area (Å²) in [6, 6.07) is 4.17. The minimum Gasteiger partial charge on any atom is -0.348 e. The monoisotopic (exact) mass is 422 g/mol. The van der Waals surface area contributed by atoms with E-state index in [0.29, 0.717) is 43.7 Å². The molecule has 1 amide bonds. The van der Waals surface area contributed by atoms with Gasteiger partial charge in [0.15, 0.2) is 6.54 Å². The van der Waals surface area contributed by atoms with Crippen LogP contribution in [0, 0.1) is 26.7 Å². The Labute approximate surface area is 175 Å². The third-order valence-corrected chi connectivity index (χ3v) is 8.63. The number of amides is 1. The Morgan fingerprint density at radius 3 is 2.17 bits per heavy atom. The van der Waals surface area contributed by atoms with E-state index in [4.69, 9.17) is 0 Å². The van der Waals surface area contributed by atoms with Crippen molar-refractivity contribution < 1.29 is 18.1 Å². The van der Waals surface area contributed by atoms with E-state index in [1.807, 2.05) is 32.9 Å². The van der Waals surface area contributed by atoms with Crippen LogP contribution in [0.15, 0.2) is 17.0 Å². The van der Waals surface area contributed by atoms with Crippen molar-refractivity contribution in [2.75, 3.05) is 32.7 Å². The molecular weight excluding hydrogens is 386 g/mol. The van der Waals surface area contributed by atoms with E-state index in [2.05, 4.69) is 12.2 Å². The van der Waals surface area contributed by atoms with Crippen LogP contribution in [0.25, 0.3) is 0 Å². The van der Waals surface area contributed by atoms with Crippen molar-refractivity contribution in [1.29, 1.82) is 0 Å². The number of piperazine rings is 1. The number of quaternary nitrogens is 1. The number of hydrogen-bond donors (Lipinski definition) is 2. The molecule has 0 unspecified atom stereocenters. The lowest BCUT2D eigenvalue weighted by atomic mass is 9.87. The van der Waals surface area contributed by atoms with Gasteiger partial charge in [-0.05, 0) is 63.5 Å². The summed E-state index contributed by atoms with van der Waals surface area (Å²) in [5, 5.41) is 3.18. The lowest BCUT2D eigenvalue weighted by Gasteiger charge is -2.32. The van der Waals surface area contributed by atoms with Crippen LogP contribution < -0.4 is 10.2 Å². The summed E-state index contributed by atoms with van der Waals surface area (Å²) in [6.07, 6.45) is 4.52. The van der Waals surface area contributed by atoms with Crippen molar-refractivity contribution >= 4 is 15.9 Å². The molecule has 0 spiro atoms. The molecule has 0 radical (unpaired) electrons. The summed E-state index contributed by atoms with van der Waals surface area (Å²) in [6.45, 7) is 10.7. The number of nitrogens with one attached hydrogen (secondary N) is 2. The van der Waals surface area contributed by atoms with Gasteiger partial charge in [-0.15, -0.1) is 0 Å². The van der Waals surface area contributed by atoms with Crippen molar-refractivity contribution in [2.24, 2.45) is 5.92 Å². The first-order valence-electron chi connectivity index (χ1n) is 10.9. The molecule has 1 aliphatic carbocycles. The number of sulfonamides is 1. The molecule has 1 saturated carbocycles. The quantitative estimate of drug-likeness (QED) is 0.749. The van der Waals surface area contributed by atoms with Gasteiger partial charge >= 0.3 is 0 Å². The third kappa shape index (κ3) is 5.38. The highest BCUT2D eigenvalue weighted by Crippen LogP contribution is 2.25. The Hall–Kier alpha value is -1.44. The van der Waals surface area contributed by atoms with Crippen LogP contribution in [-0.2, 0) is 14.8 Å². The Morgan fingerprint density at radius 1 is 1.07 bits per heavy atom. The average Bonchev–Trinajstić information content (AvgIpc) is 2.63. The topological polar surface area (TPSA) is 70.9 Å². The number of hydrogen-bond acceptors (Lipinski definition) is 3. The second kappa shape index (κ2) is 9.14. The molecule has 3 rings (SSSR count). The van der Waals surface area contributed by atoms with Crippen molar-refractivity contribution in [3.05, 3.63) is 28.8 Å². The Kier molecular flexibility index (Phi) is 7.02. The molecule has 1 heterocycles. The minimum atomic E-state index is -3.50. The van der Waals surface area contributed by atoms with Crippen LogP contribution >= 0.6 is 0 Å². The van der Waals surface area contributed by atoms with Gasteiger partial charge in [0.05, 0.1) is 31.1 Å². The Morgan fingerprint density at radius 2 is 1.62 bits per heavy atom. The van der Waals surface area contributed by atoms with Gasteiger partial charge in [-0.3, -0.25) is 4.79 Å². The molecule has 1 aromatic rings. The molecule has 0 atom stereocenters. The van der Waals surface area contributed by atoms with Gasteiger partial charge in [0.1, 0.15) is 0 Å². The van der Waals surface area contributed by atoms with E-state index in [1.54, 1.807) is 4.31 Å². The van der Waals surface area contributed by atoms with Gasteiger partial charge in [-0.1, -0.05) is 24.6 Å². The molecule has 6 nitrogen and oxygen atoms in total. The fourth-order valence-electron chi connectivity index (χ4n) is 4.83. The van der Waals surface area contributed by atoms with E-state index < -0.39 is 10.0 Å². The van der Waals surface area contributed by atoms with Crippen LogP contribution in [0.2, 0.25) is 0 Å². The number of rotatable bonds is 5. The molecule has 2 N–H and O–H groups in total. The van der Waals surface area contributed by atoms with Crippen LogP contribution in [0.5, 0.6) is 0 Å². The molecule has 0 aromatic heterocycles. The zero-order chi connectivity index (χ0) is 21.2. The summed E-state index contributed by atoms with van der Waals surface area (Å²) in [4.78, 5) is 14.0. The molecule has 7 heteroatoms. The first kappa shape index (κ1) is 22.2. The van der Waals surface area contributed by atoms with Gasteiger partial charge in [-0.2, -0.15) is 4.31 Å². The molecule has 2 aliphatic rings. The van der Waals surface area contributed by atoms with Crippen LogP contribution in [0.1, 0.15) is 49.3 Å². The van der Waals surface area contributed by atoms with Gasteiger partial charge < -0.3 is 10.2 Å². The minimum absolute atomic E-state index is 0.0982. The molecule has 1 aromatic carbocycles. The lowest BCUT2D eigenvalue weighted by molar-refractivity contribution is -0.895. The van der Waals surface area contributed by atoms with E-state index in [0.717, 1.165) is 40.3 Å². The fourth-order valence-corrected chi connectivity index (χ4v) is 6.69. The first-order valence-corrected chi connectivity index (χ1v) is 12.3. The highest BCUT2D eigenvalue weighted by atomic mass is 32.2. The molecule has 1 saturated heterocycles. The molecule has 29 heavy (non-hydrogen) atoms. The van der Waals surface area contributed by atoms with E-state index in [9.17, 15) is 13.2 Å². The van der Waals surface area contributed by atoms with Crippen molar-refractivity contribution in [2.45, 2.75) is 64.3 Å². The summed E-state index contributed by atoms with van der Waals surface area (Å²) in [5.74, 6) is 0.866. The summed E-state index contributed by atoms with van der Waals surface area (Å²) in [5.41, 5.74) is 2.68. The summed E-state index contributed by atoms with van der Waals surface area (Å²) in [7, 11) is -3.50. The fraction of sp³-hybridized carbons (Fsp3) is 0.682. The number of carbonyl (C=O) groups is 1. The normalized spacial score (nSPS) is 24.4. The van der Waals surface area contributed by atoms with E-state index >= 15 is 0 Å².